The second kappa shape index (κ2) is 5.72. The highest BCUT2D eigenvalue weighted by Gasteiger charge is 2.14. The fourth-order valence-electron chi connectivity index (χ4n) is 1.06. The lowest BCUT2D eigenvalue weighted by atomic mass is 10.1. The van der Waals surface area contributed by atoms with Crippen LogP contribution in [0, 0.1) is 0 Å². The maximum absolute atomic E-state index is 11.4. The number of benzene rings is 1. The molecule has 0 unspecified atom stereocenters. The molecule has 1 rings (SSSR count). The zero-order valence-corrected chi connectivity index (χ0v) is 9.84. The Balaban J connectivity index is 3.00. The Morgan fingerprint density at radius 2 is 2.00 bits per heavy atom. The van der Waals surface area contributed by atoms with Gasteiger partial charge in [0.1, 0.15) is 11.9 Å². The van der Waals surface area contributed by atoms with E-state index in [9.17, 15) is 9.59 Å². The average Bonchev–Trinajstić information content (AvgIpc) is 2.28. The van der Waals surface area contributed by atoms with Gasteiger partial charge in [-0.15, -0.1) is 0 Å². The monoisotopic (exact) mass is 262 g/mol. The molecular weight excluding hydrogens is 255 g/mol. The molecule has 0 atom stereocenters. The Hall–Kier alpha value is -1.26. The third-order valence-electron chi connectivity index (χ3n) is 1.77. The summed E-state index contributed by atoms with van der Waals surface area (Å²) in [5, 5.41) is 0.109. The maximum Gasteiger partial charge on any atom is 0.356 e. The maximum atomic E-state index is 11.4. The molecule has 4 nitrogen and oxygen atoms in total. The molecule has 16 heavy (non-hydrogen) atoms. The van der Waals surface area contributed by atoms with Crippen molar-refractivity contribution in [1.29, 1.82) is 0 Å². The first kappa shape index (κ1) is 12.8. The van der Waals surface area contributed by atoms with Crippen LogP contribution in [-0.2, 0) is 9.03 Å². The van der Waals surface area contributed by atoms with Crippen LogP contribution in [0.1, 0.15) is 27.6 Å². The smallest absolute Gasteiger partial charge is 0.356 e. The molecule has 0 spiro atoms. The normalized spacial score (nSPS) is 9.69. The Bertz CT molecular complexity index is 417. The number of rotatable bonds is 3. The Morgan fingerprint density at radius 3 is 2.50 bits per heavy atom. The number of ether oxygens (including phenoxy) is 1. The van der Waals surface area contributed by atoms with Gasteiger partial charge in [0, 0.05) is 0 Å². The first-order valence-electron chi connectivity index (χ1n) is 4.39. The van der Waals surface area contributed by atoms with Gasteiger partial charge in [0.2, 0.25) is 0 Å². The van der Waals surface area contributed by atoms with E-state index in [2.05, 4.69) is 4.29 Å². The molecule has 6 heteroatoms. The van der Waals surface area contributed by atoms with Gasteiger partial charge in [-0.1, -0.05) is 11.6 Å². The molecule has 86 valence electrons. The van der Waals surface area contributed by atoms with E-state index in [0.717, 1.165) is 0 Å². The molecule has 0 amide bonds. The van der Waals surface area contributed by atoms with Crippen molar-refractivity contribution in [3.8, 4) is 0 Å². The van der Waals surface area contributed by atoms with E-state index in [1.165, 1.54) is 18.2 Å². The van der Waals surface area contributed by atoms with Gasteiger partial charge in [0.05, 0.1) is 22.8 Å². The molecule has 0 saturated carbocycles. The van der Waals surface area contributed by atoms with Crippen LogP contribution in [0.5, 0.6) is 0 Å². The minimum atomic E-state index is -0.737. The Morgan fingerprint density at radius 1 is 1.31 bits per heavy atom. The van der Waals surface area contributed by atoms with Crippen molar-refractivity contribution in [3.05, 3.63) is 34.3 Å². The fourth-order valence-corrected chi connectivity index (χ4v) is 1.41. The number of esters is 1. The summed E-state index contributed by atoms with van der Waals surface area (Å²) in [6, 6.07) is 4.05. The van der Waals surface area contributed by atoms with Crippen molar-refractivity contribution in [2.75, 3.05) is 6.61 Å². The van der Waals surface area contributed by atoms with E-state index >= 15 is 0 Å². The second-order valence-electron chi connectivity index (χ2n) is 2.78. The van der Waals surface area contributed by atoms with Crippen LogP contribution in [0.25, 0.3) is 0 Å². The van der Waals surface area contributed by atoms with Crippen LogP contribution >= 0.6 is 23.5 Å². The summed E-state index contributed by atoms with van der Waals surface area (Å²) >= 11 is 10.7. The third-order valence-corrected chi connectivity index (χ3v) is 2.22. The molecule has 0 aliphatic rings. The van der Waals surface area contributed by atoms with Gasteiger partial charge in [0.25, 0.3) is 0 Å². The van der Waals surface area contributed by atoms with E-state index in [1.54, 1.807) is 6.92 Å². The molecule has 0 N–H and O–H groups in total. The summed E-state index contributed by atoms with van der Waals surface area (Å²) < 4.78 is 8.77. The highest BCUT2D eigenvalue weighted by Crippen LogP contribution is 2.19. The lowest BCUT2D eigenvalue weighted by molar-refractivity contribution is 0.0525. The van der Waals surface area contributed by atoms with E-state index < -0.39 is 11.9 Å². The highest BCUT2D eigenvalue weighted by atomic mass is 35.5. The minimum Gasteiger partial charge on any atom is -0.462 e. The zero-order chi connectivity index (χ0) is 12.1. The zero-order valence-electron chi connectivity index (χ0n) is 8.33. The number of hydrogen-bond donors (Lipinski definition) is 0. The van der Waals surface area contributed by atoms with Gasteiger partial charge in [-0.25, -0.2) is 9.59 Å². The van der Waals surface area contributed by atoms with Crippen LogP contribution in [0.15, 0.2) is 18.2 Å². The minimum absolute atomic E-state index is 0.109. The average molecular weight is 263 g/mol. The number of carbonyl (C=O) groups is 2. The molecule has 0 heterocycles. The van der Waals surface area contributed by atoms with Crippen LogP contribution in [0.4, 0.5) is 0 Å². The Kier molecular flexibility index (Phi) is 4.58. The lowest BCUT2D eigenvalue weighted by Crippen LogP contribution is -2.06. The number of halogens is 2. The van der Waals surface area contributed by atoms with Gasteiger partial charge in [-0.2, -0.15) is 0 Å². The molecule has 0 aliphatic heterocycles. The standard InChI is InChI=1S/C10H8Cl2O4/c1-2-15-10(14)7-4-3-6(5-8(7)11)9(13)16-12/h3-5H,2H2,1H3. The molecule has 0 aromatic heterocycles. The predicted octanol–water partition coefficient (Wildman–Crippen LogP) is 2.83. The van der Waals surface area contributed by atoms with Crippen LogP contribution in [0.2, 0.25) is 5.02 Å². The second-order valence-corrected chi connectivity index (χ2v) is 3.34. The molecule has 1 aromatic rings. The third kappa shape index (κ3) is 2.87. The van der Waals surface area contributed by atoms with Crippen molar-refractivity contribution < 1.29 is 18.6 Å². The van der Waals surface area contributed by atoms with E-state index in [4.69, 9.17) is 28.2 Å². The molecule has 0 radical (unpaired) electrons. The summed E-state index contributed by atoms with van der Waals surface area (Å²) in [6.07, 6.45) is 0. The topological polar surface area (TPSA) is 52.6 Å². The van der Waals surface area contributed by atoms with Gasteiger partial charge < -0.3 is 9.03 Å². The molecule has 0 saturated heterocycles. The van der Waals surface area contributed by atoms with E-state index in [1.807, 2.05) is 0 Å². The van der Waals surface area contributed by atoms with Crippen LogP contribution in [-0.4, -0.2) is 18.5 Å². The first-order valence-corrected chi connectivity index (χ1v) is 5.08. The largest absolute Gasteiger partial charge is 0.462 e. The number of hydrogen-bond acceptors (Lipinski definition) is 4. The highest BCUT2D eigenvalue weighted by molar-refractivity contribution is 6.34. The SMILES string of the molecule is CCOC(=O)c1ccc(C(=O)OCl)cc1Cl. The fraction of sp³-hybridized carbons (Fsp3) is 0.200. The van der Waals surface area contributed by atoms with Crippen LogP contribution < -0.4 is 0 Å². The summed E-state index contributed by atoms with van der Waals surface area (Å²) in [5.74, 6) is -1.28. The summed E-state index contributed by atoms with van der Waals surface area (Å²) in [6.45, 7) is 1.94. The van der Waals surface area contributed by atoms with Crippen molar-refractivity contribution >= 4 is 35.4 Å². The quantitative estimate of drug-likeness (QED) is 0.787. The molecule has 0 bridgehead atoms. The molecular formula is C10H8Cl2O4. The Labute approximate surface area is 102 Å². The summed E-state index contributed by atoms with van der Waals surface area (Å²) in [7, 11) is 0. The van der Waals surface area contributed by atoms with Crippen molar-refractivity contribution in [3.63, 3.8) is 0 Å². The van der Waals surface area contributed by atoms with Gasteiger partial charge >= 0.3 is 11.9 Å². The lowest BCUT2D eigenvalue weighted by Gasteiger charge is -2.04. The van der Waals surface area contributed by atoms with Gasteiger partial charge in [-0.05, 0) is 25.1 Å². The van der Waals surface area contributed by atoms with E-state index in [-0.39, 0.29) is 22.8 Å². The molecule has 0 aliphatic carbocycles. The van der Waals surface area contributed by atoms with Gasteiger partial charge in [0.15, 0.2) is 0 Å². The van der Waals surface area contributed by atoms with Gasteiger partial charge in [-0.3, -0.25) is 0 Å². The van der Waals surface area contributed by atoms with Crippen molar-refractivity contribution in [2.24, 2.45) is 0 Å². The summed E-state index contributed by atoms with van der Waals surface area (Å²) in [5.41, 5.74) is 0.350. The molecule has 0 fully saturated rings. The first-order chi connectivity index (χ1) is 7.60. The van der Waals surface area contributed by atoms with Crippen LogP contribution in [0.3, 0.4) is 0 Å². The molecule has 1 aromatic carbocycles. The van der Waals surface area contributed by atoms with Crippen molar-refractivity contribution in [1.82, 2.24) is 0 Å². The summed E-state index contributed by atoms with van der Waals surface area (Å²) in [4.78, 5) is 22.4. The number of carbonyl (C=O) groups excluding carboxylic acids is 2. The predicted molar refractivity (Wildman–Crippen MR) is 58.7 cm³/mol. The van der Waals surface area contributed by atoms with E-state index in [0.29, 0.717) is 0 Å². The van der Waals surface area contributed by atoms with Crippen molar-refractivity contribution in [2.45, 2.75) is 6.92 Å².